The molecule has 0 saturated heterocycles. The number of fused-ring (bicyclic) bond motifs is 3. The van der Waals surface area contributed by atoms with E-state index in [-0.39, 0.29) is 32.8 Å². The van der Waals surface area contributed by atoms with Gasteiger partial charge in [0, 0.05) is 35.3 Å². The van der Waals surface area contributed by atoms with Crippen molar-refractivity contribution in [1.29, 1.82) is 21.0 Å². The van der Waals surface area contributed by atoms with E-state index in [9.17, 15) is 21.0 Å². The minimum Gasteiger partial charge on any atom is -0.255 e. The molecule has 0 aliphatic carbocycles. The molecule has 0 N–H and O–H groups in total. The van der Waals surface area contributed by atoms with Crippen LogP contribution < -0.4 is 10.4 Å². The number of benzene rings is 3. The van der Waals surface area contributed by atoms with Crippen LogP contribution in [0.2, 0.25) is 0 Å². The summed E-state index contributed by atoms with van der Waals surface area (Å²) in [6.07, 6.45) is 2.64. The molecule has 0 radical (unpaired) electrons. The Hall–Kier alpha value is -6.84. The second-order valence-electron chi connectivity index (χ2n) is 8.03. The Morgan fingerprint density at radius 3 is 1.82 bits per heavy atom. The van der Waals surface area contributed by atoms with Gasteiger partial charge in [-0.15, -0.1) is 0 Å². The molecule has 0 aliphatic heterocycles. The quantitative estimate of drug-likeness (QED) is 0.247. The maximum absolute atomic E-state index is 10.0. The van der Waals surface area contributed by atoms with E-state index in [4.69, 9.17) is 21.4 Å². The number of hydrogen-bond donors (Lipinski definition) is 0. The number of pyridine rings is 2. The maximum Gasteiger partial charge on any atom is 0.202 e. The molecule has 8 heteroatoms. The van der Waals surface area contributed by atoms with Gasteiger partial charge in [-0.1, -0.05) is 18.2 Å². The number of rotatable bonds is 2. The smallest absolute Gasteiger partial charge is 0.202 e. The van der Waals surface area contributed by atoms with Crippen LogP contribution in [0.1, 0.15) is 36.0 Å². The summed E-state index contributed by atoms with van der Waals surface area (Å²) in [5.41, 5.74) is -1.93. The standard InChI is InChI=1S/C32H12N8/c1-37-28-9-21(15-35)6-24(12-28)29(16-36)26-10-22-3-4-23-11-27(18-40-32(23)31(22)39-17-26)30(38-2)25-7-19(13-33)5-20(8-25)14-34/h3-12,17-18H/b29-26+,30-27+/i5D,6D,7D,8D,9D,12D. The summed E-state index contributed by atoms with van der Waals surface area (Å²) in [5.74, 6) is 0. The highest BCUT2D eigenvalue weighted by Gasteiger charge is 2.11. The van der Waals surface area contributed by atoms with Crippen LogP contribution in [0.15, 0.2) is 72.9 Å². The largest absolute Gasteiger partial charge is 0.255 e. The third-order valence-corrected chi connectivity index (χ3v) is 5.71. The van der Waals surface area contributed by atoms with E-state index in [0.29, 0.717) is 21.8 Å². The van der Waals surface area contributed by atoms with Crippen molar-refractivity contribution >= 4 is 38.8 Å². The second kappa shape index (κ2) is 10.3. The number of aromatic nitrogens is 2. The molecule has 0 fully saturated rings. The number of nitrogens with zero attached hydrogens (tertiary/aromatic N) is 8. The van der Waals surface area contributed by atoms with Crippen LogP contribution in [-0.4, -0.2) is 9.97 Å². The zero-order valence-corrected chi connectivity index (χ0v) is 20.0. The molecule has 180 valence electrons. The number of nitriles is 4. The molecule has 0 amide bonds. The molecule has 5 aromatic rings. The molecule has 0 bridgehead atoms. The SMILES string of the molecule is [2H]c1c(C#N)c([2H])c(/C([N+]#[C-])=c2\cnc3c(ccc4c/c(=C(/C#N)c5c([2H])c(C#N)c([2H])c([N+]#[C-])c5[2H])cnc43)c2)c([2H])c1C#N. The maximum atomic E-state index is 10.0. The van der Waals surface area contributed by atoms with Crippen molar-refractivity contribution in [1.82, 2.24) is 9.97 Å². The summed E-state index contributed by atoms with van der Waals surface area (Å²) in [5, 5.41) is 39.9. The topological polar surface area (TPSA) is 130 Å². The van der Waals surface area contributed by atoms with Gasteiger partial charge in [0.25, 0.3) is 0 Å². The van der Waals surface area contributed by atoms with Crippen LogP contribution in [0.25, 0.3) is 42.8 Å². The van der Waals surface area contributed by atoms with E-state index >= 15 is 0 Å². The molecule has 3 aromatic carbocycles. The lowest BCUT2D eigenvalue weighted by Gasteiger charge is -2.06. The summed E-state index contributed by atoms with van der Waals surface area (Å²) >= 11 is 0. The van der Waals surface area contributed by atoms with Gasteiger partial charge in [0.15, 0.2) is 5.69 Å². The van der Waals surface area contributed by atoms with Crippen molar-refractivity contribution in [3.05, 3.63) is 134 Å². The minimum absolute atomic E-state index is 0.185. The van der Waals surface area contributed by atoms with E-state index in [0.717, 1.165) is 0 Å². The first kappa shape index (κ1) is 18.4. The Morgan fingerprint density at radius 2 is 1.27 bits per heavy atom. The molecule has 0 aliphatic rings. The highest BCUT2D eigenvalue weighted by molar-refractivity contribution is 6.03. The van der Waals surface area contributed by atoms with Gasteiger partial charge >= 0.3 is 0 Å². The van der Waals surface area contributed by atoms with Crippen LogP contribution in [0.4, 0.5) is 5.69 Å². The summed E-state index contributed by atoms with van der Waals surface area (Å²) < 4.78 is 49.7. The lowest BCUT2D eigenvalue weighted by Crippen LogP contribution is -2.09. The first-order valence-corrected chi connectivity index (χ1v) is 11.1. The van der Waals surface area contributed by atoms with Crippen LogP contribution in [0.5, 0.6) is 0 Å². The highest BCUT2D eigenvalue weighted by atomic mass is 14.7. The lowest BCUT2D eigenvalue weighted by atomic mass is 10.0. The molecule has 2 heterocycles. The molecule has 5 rings (SSSR count). The van der Waals surface area contributed by atoms with E-state index in [1.54, 1.807) is 42.5 Å². The van der Waals surface area contributed by atoms with Crippen LogP contribution in [-0.2, 0) is 0 Å². The predicted octanol–water partition coefficient (Wildman–Crippen LogP) is 4.75. The molecule has 0 unspecified atom stereocenters. The molecular weight excluding hydrogens is 496 g/mol. The van der Waals surface area contributed by atoms with Gasteiger partial charge in [-0.25, -0.2) is 9.69 Å². The zero-order valence-electron chi connectivity index (χ0n) is 26.0. The molecular formula is C32H12N8. The van der Waals surface area contributed by atoms with Crippen molar-refractivity contribution in [2.24, 2.45) is 0 Å². The normalized spacial score (nSPS) is 13.8. The zero-order chi connectivity index (χ0) is 33.4. The monoisotopic (exact) mass is 514 g/mol. The van der Waals surface area contributed by atoms with E-state index in [1.165, 1.54) is 12.4 Å². The fourth-order valence-electron chi connectivity index (χ4n) is 3.98. The van der Waals surface area contributed by atoms with Crippen molar-refractivity contribution in [3.8, 4) is 24.3 Å². The highest BCUT2D eigenvalue weighted by Crippen LogP contribution is 2.24. The first-order valence-electron chi connectivity index (χ1n) is 14.1. The Labute approximate surface area is 236 Å². The molecule has 2 aromatic heterocycles. The van der Waals surface area contributed by atoms with Gasteiger partial charge < -0.3 is 0 Å². The third-order valence-electron chi connectivity index (χ3n) is 5.71. The average molecular weight is 515 g/mol. The van der Waals surface area contributed by atoms with Crippen LogP contribution in [0, 0.1) is 58.5 Å². The lowest BCUT2D eigenvalue weighted by molar-refractivity contribution is 1.33. The van der Waals surface area contributed by atoms with Crippen molar-refractivity contribution in [3.63, 3.8) is 0 Å². The van der Waals surface area contributed by atoms with Crippen LogP contribution >= 0.6 is 0 Å². The Kier molecular flexibility index (Phi) is 4.72. The fraction of sp³-hybridized carbons (Fsp3) is 0. The summed E-state index contributed by atoms with van der Waals surface area (Å²) in [7, 11) is 0. The van der Waals surface area contributed by atoms with E-state index in [1.807, 2.05) is 6.07 Å². The van der Waals surface area contributed by atoms with Crippen LogP contribution in [0.3, 0.4) is 0 Å². The molecule has 0 atom stereocenters. The summed E-state index contributed by atoms with van der Waals surface area (Å²) in [6, 6.07) is 10.3. The minimum atomic E-state index is -0.554. The third kappa shape index (κ3) is 4.41. The average Bonchev–Trinajstić information content (AvgIpc) is 3.05. The summed E-state index contributed by atoms with van der Waals surface area (Å²) in [6.45, 7) is 15.1. The first-order chi connectivity index (χ1) is 22.1. The van der Waals surface area contributed by atoms with Gasteiger partial charge in [-0.05, 0) is 58.7 Å². The van der Waals surface area contributed by atoms with Gasteiger partial charge in [-0.3, -0.25) is 9.97 Å². The fourth-order valence-corrected chi connectivity index (χ4v) is 3.98. The second-order valence-corrected chi connectivity index (χ2v) is 8.03. The molecule has 40 heavy (non-hydrogen) atoms. The van der Waals surface area contributed by atoms with Crippen molar-refractivity contribution < 1.29 is 8.22 Å². The Morgan fingerprint density at radius 1 is 0.725 bits per heavy atom. The molecule has 8 nitrogen and oxygen atoms in total. The van der Waals surface area contributed by atoms with Gasteiger partial charge in [0.05, 0.1) is 65.9 Å². The van der Waals surface area contributed by atoms with E-state index < -0.39 is 58.6 Å². The summed E-state index contributed by atoms with van der Waals surface area (Å²) in [4.78, 5) is 15.6. The van der Waals surface area contributed by atoms with Crippen molar-refractivity contribution in [2.45, 2.75) is 0 Å². The Balaban J connectivity index is 1.79. The van der Waals surface area contributed by atoms with Gasteiger partial charge in [0.2, 0.25) is 5.70 Å². The molecule has 0 saturated carbocycles. The van der Waals surface area contributed by atoms with E-state index in [2.05, 4.69) is 19.7 Å². The predicted molar refractivity (Wildman–Crippen MR) is 147 cm³/mol. The molecule has 0 spiro atoms. The van der Waals surface area contributed by atoms with Gasteiger partial charge in [-0.2, -0.15) is 21.0 Å². The van der Waals surface area contributed by atoms with Crippen molar-refractivity contribution in [2.75, 3.05) is 0 Å². The Bertz CT molecular complexity index is 2360. The van der Waals surface area contributed by atoms with Gasteiger partial charge in [0.1, 0.15) is 6.07 Å². The number of hydrogen-bond acceptors (Lipinski definition) is 6.